The van der Waals surface area contributed by atoms with Gasteiger partial charge in [0.05, 0.1) is 11.6 Å². The van der Waals surface area contributed by atoms with E-state index in [0.29, 0.717) is 28.8 Å². The molecule has 1 aromatic carbocycles. The van der Waals surface area contributed by atoms with Gasteiger partial charge in [-0.1, -0.05) is 56.3 Å². The number of pyridine rings is 1. The zero-order chi connectivity index (χ0) is 22.0. The van der Waals surface area contributed by atoms with E-state index in [1.165, 1.54) is 0 Å². The van der Waals surface area contributed by atoms with Gasteiger partial charge < -0.3 is 9.84 Å². The molecule has 0 bridgehead atoms. The van der Waals surface area contributed by atoms with Crippen LogP contribution in [0.2, 0.25) is 0 Å². The number of nitrogens with one attached hydrogen (secondary N) is 1. The van der Waals surface area contributed by atoms with E-state index in [0.717, 1.165) is 5.56 Å². The minimum Gasteiger partial charge on any atom is -0.344 e. The van der Waals surface area contributed by atoms with Crippen LogP contribution >= 0.6 is 0 Å². The van der Waals surface area contributed by atoms with Gasteiger partial charge in [-0.2, -0.15) is 4.98 Å². The summed E-state index contributed by atoms with van der Waals surface area (Å²) in [6.07, 6.45) is 4.85. The van der Waals surface area contributed by atoms with Crippen LogP contribution in [0.25, 0.3) is 17.3 Å². The summed E-state index contributed by atoms with van der Waals surface area (Å²) in [4.78, 5) is 25.9. The molecule has 0 fully saturated rings. The summed E-state index contributed by atoms with van der Waals surface area (Å²) in [7, 11) is 0. The van der Waals surface area contributed by atoms with Gasteiger partial charge in [-0.15, -0.1) is 0 Å². The SMILES string of the molecule is C[C@@H](NC(=O)c1cn(-c2ncccc2-c2nc(C(C)(C)C)no2)cn1)c1ccccc1. The zero-order valence-corrected chi connectivity index (χ0v) is 17.9. The quantitative estimate of drug-likeness (QED) is 0.526. The normalized spacial score (nSPS) is 12.5. The van der Waals surface area contributed by atoms with Gasteiger partial charge in [-0.25, -0.2) is 9.97 Å². The van der Waals surface area contributed by atoms with E-state index < -0.39 is 0 Å². The smallest absolute Gasteiger partial charge is 0.271 e. The molecule has 158 valence electrons. The highest BCUT2D eigenvalue weighted by atomic mass is 16.5. The molecule has 0 saturated heterocycles. The lowest BCUT2D eigenvalue weighted by molar-refractivity contribution is 0.0935. The van der Waals surface area contributed by atoms with E-state index in [2.05, 4.69) is 25.4 Å². The first-order valence-electron chi connectivity index (χ1n) is 10.0. The molecule has 3 aromatic heterocycles. The maximum atomic E-state index is 12.7. The van der Waals surface area contributed by atoms with Crippen molar-refractivity contribution in [1.29, 1.82) is 0 Å². The van der Waals surface area contributed by atoms with Crippen molar-refractivity contribution in [3.63, 3.8) is 0 Å². The Balaban J connectivity index is 1.58. The number of rotatable bonds is 5. The van der Waals surface area contributed by atoms with Crippen molar-refractivity contribution in [2.75, 3.05) is 0 Å². The fourth-order valence-corrected chi connectivity index (χ4v) is 3.06. The van der Waals surface area contributed by atoms with Gasteiger partial charge in [0.25, 0.3) is 11.8 Å². The monoisotopic (exact) mass is 416 g/mol. The van der Waals surface area contributed by atoms with Crippen LogP contribution in [-0.2, 0) is 5.41 Å². The highest BCUT2D eigenvalue weighted by Gasteiger charge is 2.23. The lowest BCUT2D eigenvalue weighted by Gasteiger charge is -2.13. The first-order valence-corrected chi connectivity index (χ1v) is 10.0. The first-order chi connectivity index (χ1) is 14.8. The van der Waals surface area contributed by atoms with Crippen molar-refractivity contribution in [3.05, 3.63) is 78.3 Å². The Kier molecular flexibility index (Phi) is 5.37. The van der Waals surface area contributed by atoms with Crippen molar-refractivity contribution in [1.82, 2.24) is 30.0 Å². The molecule has 8 heteroatoms. The number of amides is 1. The van der Waals surface area contributed by atoms with Crippen LogP contribution in [-0.4, -0.2) is 30.6 Å². The van der Waals surface area contributed by atoms with E-state index >= 15 is 0 Å². The first kappa shape index (κ1) is 20.5. The lowest BCUT2D eigenvalue weighted by Crippen LogP contribution is -2.26. The maximum Gasteiger partial charge on any atom is 0.271 e. The van der Waals surface area contributed by atoms with Crippen LogP contribution in [0.5, 0.6) is 0 Å². The second-order valence-corrected chi connectivity index (χ2v) is 8.32. The van der Waals surface area contributed by atoms with E-state index in [-0.39, 0.29) is 17.4 Å². The highest BCUT2D eigenvalue weighted by molar-refractivity contribution is 5.92. The predicted molar refractivity (Wildman–Crippen MR) is 116 cm³/mol. The average molecular weight is 416 g/mol. The second-order valence-electron chi connectivity index (χ2n) is 8.32. The molecule has 8 nitrogen and oxygen atoms in total. The number of aromatic nitrogens is 5. The fourth-order valence-electron chi connectivity index (χ4n) is 3.06. The standard InChI is InChI=1S/C23H24N6O2/c1-15(16-9-6-5-7-10-16)26-20(30)18-13-29(14-25-18)19-17(11-8-12-24-19)21-27-22(28-31-21)23(2,3)4/h5-15H,1-4H3,(H,26,30)/t15-/m1/s1. The largest absolute Gasteiger partial charge is 0.344 e. The Morgan fingerprint density at radius 2 is 1.87 bits per heavy atom. The van der Waals surface area contributed by atoms with Crippen molar-refractivity contribution in [2.24, 2.45) is 0 Å². The molecule has 0 unspecified atom stereocenters. The Labute approximate surface area is 180 Å². The third kappa shape index (κ3) is 4.37. The van der Waals surface area contributed by atoms with Crippen LogP contribution in [0, 0.1) is 0 Å². The number of carbonyl (C=O) groups is 1. The highest BCUT2D eigenvalue weighted by Crippen LogP contribution is 2.27. The van der Waals surface area contributed by atoms with Crippen molar-refractivity contribution in [3.8, 4) is 17.3 Å². The van der Waals surface area contributed by atoms with Crippen LogP contribution in [0.3, 0.4) is 0 Å². The van der Waals surface area contributed by atoms with E-state index in [9.17, 15) is 4.79 Å². The molecule has 0 saturated carbocycles. The number of carbonyl (C=O) groups excluding carboxylic acids is 1. The predicted octanol–water partition coefficient (Wildman–Crippen LogP) is 4.11. The van der Waals surface area contributed by atoms with Crippen molar-refractivity contribution in [2.45, 2.75) is 39.2 Å². The molecule has 0 spiro atoms. The Morgan fingerprint density at radius 3 is 2.58 bits per heavy atom. The summed E-state index contributed by atoms with van der Waals surface area (Å²) in [6, 6.07) is 13.3. The molecule has 0 aliphatic heterocycles. The molecule has 0 aliphatic rings. The summed E-state index contributed by atoms with van der Waals surface area (Å²) in [5.74, 6) is 1.26. The zero-order valence-electron chi connectivity index (χ0n) is 17.9. The van der Waals surface area contributed by atoms with Gasteiger partial charge in [0, 0.05) is 17.8 Å². The maximum absolute atomic E-state index is 12.7. The average Bonchev–Trinajstić information content (AvgIpc) is 3.44. The third-order valence-corrected chi connectivity index (χ3v) is 4.82. The van der Waals surface area contributed by atoms with Gasteiger partial charge in [-0.05, 0) is 24.6 Å². The minimum atomic E-state index is -0.264. The third-order valence-electron chi connectivity index (χ3n) is 4.82. The molecule has 0 radical (unpaired) electrons. The van der Waals surface area contributed by atoms with Crippen LogP contribution < -0.4 is 5.32 Å². The summed E-state index contributed by atoms with van der Waals surface area (Å²) in [6.45, 7) is 7.98. The molecule has 1 N–H and O–H groups in total. The minimum absolute atomic E-state index is 0.140. The molecular weight excluding hydrogens is 392 g/mol. The summed E-state index contributed by atoms with van der Waals surface area (Å²) >= 11 is 0. The van der Waals surface area contributed by atoms with Crippen LogP contribution in [0.1, 0.15) is 55.6 Å². The molecule has 3 heterocycles. The number of imidazole rings is 1. The van der Waals surface area contributed by atoms with Gasteiger partial charge in [0.1, 0.15) is 12.0 Å². The van der Waals surface area contributed by atoms with Crippen LogP contribution in [0.15, 0.2) is 65.7 Å². The van der Waals surface area contributed by atoms with E-state index in [1.54, 1.807) is 29.4 Å². The van der Waals surface area contributed by atoms with Crippen LogP contribution in [0.4, 0.5) is 0 Å². The summed E-state index contributed by atoms with van der Waals surface area (Å²) < 4.78 is 7.16. The van der Waals surface area contributed by atoms with Gasteiger partial charge >= 0.3 is 0 Å². The molecule has 4 aromatic rings. The topological polar surface area (TPSA) is 98.7 Å². The molecule has 4 rings (SSSR count). The lowest BCUT2D eigenvalue weighted by atomic mass is 9.96. The van der Waals surface area contributed by atoms with E-state index in [1.807, 2.05) is 64.1 Å². The second kappa shape index (κ2) is 8.14. The fraction of sp³-hybridized carbons (Fsp3) is 0.261. The molecule has 31 heavy (non-hydrogen) atoms. The molecule has 1 atom stereocenters. The Morgan fingerprint density at radius 1 is 1.10 bits per heavy atom. The Bertz CT molecular complexity index is 1190. The number of hydrogen-bond donors (Lipinski definition) is 1. The molecule has 1 amide bonds. The van der Waals surface area contributed by atoms with Crippen molar-refractivity contribution < 1.29 is 9.32 Å². The number of hydrogen-bond acceptors (Lipinski definition) is 6. The molecular formula is C23H24N6O2. The van der Waals surface area contributed by atoms with Gasteiger partial charge in [0.2, 0.25) is 0 Å². The number of nitrogens with zero attached hydrogens (tertiary/aromatic N) is 5. The van der Waals surface area contributed by atoms with E-state index in [4.69, 9.17) is 4.52 Å². The summed E-state index contributed by atoms with van der Waals surface area (Å²) in [5, 5.41) is 7.06. The Hall–Kier alpha value is -3.81. The van der Waals surface area contributed by atoms with Gasteiger partial charge in [0.15, 0.2) is 11.6 Å². The molecule has 0 aliphatic carbocycles. The summed E-state index contributed by atoms with van der Waals surface area (Å²) in [5.41, 5.74) is 1.74. The van der Waals surface area contributed by atoms with Gasteiger partial charge in [-0.3, -0.25) is 9.36 Å². The number of benzene rings is 1. The van der Waals surface area contributed by atoms with Crippen molar-refractivity contribution >= 4 is 5.91 Å².